The van der Waals surface area contributed by atoms with Crippen LogP contribution >= 0.6 is 0 Å². The molecular formula is C16H17NO2. The Morgan fingerprint density at radius 2 is 2.16 bits per heavy atom. The van der Waals surface area contributed by atoms with Crippen molar-refractivity contribution in [2.45, 2.75) is 31.5 Å². The highest BCUT2D eigenvalue weighted by atomic mass is 16.5. The van der Waals surface area contributed by atoms with Crippen LogP contribution in [0.4, 0.5) is 0 Å². The van der Waals surface area contributed by atoms with Crippen LogP contribution < -0.4 is 4.74 Å². The molecule has 0 radical (unpaired) electrons. The summed E-state index contributed by atoms with van der Waals surface area (Å²) in [6, 6.07) is 11.6. The van der Waals surface area contributed by atoms with Crippen molar-refractivity contribution >= 4 is 0 Å². The van der Waals surface area contributed by atoms with Crippen molar-refractivity contribution in [1.82, 2.24) is 4.98 Å². The highest BCUT2D eigenvalue weighted by Crippen LogP contribution is 2.28. The molecule has 1 saturated carbocycles. The van der Waals surface area contributed by atoms with Gasteiger partial charge in [-0.15, -0.1) is 0 Å². The number of hydrogen-bond donors (Lipinski definition) is 1. The second kappa shape index (κ2) is 5.41. The van der Waals surface area contributed by atoms with Gasteiger partial charge in [-0.2, -0.15) is 0 Å². The standard InChI is InChI=1S/C16H17NO2/c18-16(9-12-3-2-8-17-11-12)13-4-1-5-15(10-13)19-14-6-7-14/h1-5,8,10-11,14,16,18H,6-7,9H2. The van der Waals surface area contributed by atoms with E-state index in [-0.39, 0.29) is 0 Å². The number of hydrogen-bond acceptors (Lipinski definition) is 3. The monoisotopic (exact) mass is 255 g/mol. The van der Waals surface area contributed by atoms with E-state index >= 15 is 0 Å². The van der Waals surface area contributed by atoms with Crippen molar-refractivity contribution in [2.75, 3.05) is 0 Å². The minimum atomic E-state index is -0.521. The number of pyridine rings is 1. The van der Waals surface area contributed by atoms with Gasteiger partial charge in [-0.1, -0.05) is 18.2 Å². The van der Waals surface area contributed by atoms with Crippen LogP contribution in [0.25, 0.3) is 0 Å². The largest absolute Gasteiger partial charge is 0.490 e. The molecule has 1 aromatic heterocycles. The highest BCUT2D eigenvalue weighted by molar-refractivity contribution is 5.31. The van der Waals surface area contributed by atoms with Crippen molar-refractivity contribution in [2.24, 2.45) is 0 Å². The maximum Gasteiger partial charge on any atom is 0.120 e. The van der Waals surface area contributed by atoms with E-state index < -0.39 is 6.10 Å². The van der Waals surface area contributed by atoms with Crippen LogP contribution in [0.1, 0.15) is 30.1 Å². The molecule has 2 aromatic rings. The summed E-state index contributed by atoms with van der Waals surface area (Å²) in [5.41, 5.74) is 1.92. The molecule has 0 aliphatic heterocycles. The smallest absolute Gasteiger partial charge is 0.120 e. The Balaban J connectivity index is 1.70. The van der Waals surface area contributed by atoms with Gasteiger partial charge >= 0.3 is 0 Å². The van der Waals surface area contributed by atoms with Gasteiger partial charge in [0.05, 0.1) is 12.2 Å². The summed E-state index contributed by atoms with van der Waals surface area (Å²) >= 11 is 0. The molecule has 3 heteroatoms. The zero-order chi connectivity index (χ0) is 13.1. The molecule has 1 aliphatic rings. The van der Waals surface area contributed by atoms with E-state index in [0.717, 1.165) is 29.7 Å². The first-order valence-electron chi connectivity index (χ1n) is 6.65. The minimum Gasteiger partial charge on any atom is -0.490 e. The third kappa shape index (κ3) is 3.32. The number of ether oxygens (including phenoxy) is 1. The van der Waals surface area contributed by atoms with Gasteiger partial charge in [-0.25, -0.2) is 0 Å². The van der Waals surface area contributed by atoms with Gasteiger partial charge in [0.15, 0.2) is 0 Å². The van der Waals surface area contributed by atoms with Gasteiger partial charge in [0.25, 0.3) is 0 Å². The summed E-state index contributed by atoms with van der Waals surface area (Å²) in [7, 11) is 0. The Labute approximate surface area is 112 Å². The Morgan fingerprint density at radius 3 is 2.89 bits per heavy atom. The fourth-order valence-electron chi connectivity index (χ4n) is 2.03. The molecule has 0 amide bonds. The normalized spacial score (nSPS) is 16.1. The summed E-state index contributed by atoms with van der Waals surface area (Å²) in [5.74, 6) is 0.852. The predicted molar refractivity (Wildman–Crippen MR) is 73.0 cm³/mol. The Hall–Kier alpha value is -1.87. The van der Waals surface area contributed by atoms with Gasteiger partial charge in [0, 0.05) is 18.8 Å². The molecule has 1 fully saturated rings. The molecule has 1 N–H and O–H groups in total. The van der Waals surface area contributed by atoms with Crippen LogP contribution in [0.3, 0.4) is 0 Å². The molecule has 0 saturated heterocycles. The van der Waals surface area contributed by atoms with Crippen LogP contribution in [-0.2, 0) is 6.42 Å². The van der Waals surface area contributed by atoms with Crippen molar-refractivity contribution in [3.8, 4) is 5.75 Å². The Morgan fingerprint density at radius 1 is 1.26 bits per heavy atom. The molecule has 1 atom stereocenters. The van der Waals surface area contributed by atoms with Gasteiger partial charge in [0.1, 0.15) is 5.75 Å². The molecule has 1 unspecified atom stereocenters. The third-order valence-electron chi connectivity index (χ3n) is 3.22. The summed E-state index contributed by atoms with van der Waals surface area (Å²) < 4.78 is 5.74. The van der Waals surface area contributed by atoms with E-state index in [1.54, 1.807) is 12.4 Å². The van der Waals surface area contributed by atoms with E-state index in [1.165, 1.54) is 0 Å². The summed E-state index contributed by atoms with van der Waals surface area (Å²) in [5, 5.41) is 10.3. The molecule has 1 aromatic carbocycles. The SMILES string of the molecule is OC(Cc1cccnc1)c1cccc(OC2CC2)c1. The minimum absolute atomic E-state index is 0.380. The number of benzene rings is 1. The second-order valence-electron chi connectivity index (χ2n) is 4.97. The topological polar surface area (TPSA) is 42.4 Å². The van der Waals surface area contributed by atoms with Crippen molar-refractivity contribution < 1.29 is 9.84 Å². The molecule has 98 valence electrons. The first-order valence-corrected chi connectivity index (χ1v) is 6.65. The lowest BCUT2D eigenvalue weighted by Crippen LogP contribution is -2.03. The van der Waals surface area contributed by atoms with E-state index in [4.69, 9.17) is 4.74 Å². The van der Waals surface area contributed by atoms with Crippen molar-refractivity contribution in [1.29, 1.82) is 0 Å². The number of rotatable bonds is 5. The van der Waals surface area contributed by atoms with E-state index in [2.05, 4.69) is 4.98 Å². The Kier molecular flexibility index (Phi) is 3.47. The fourth-order valence-corrected chi connectivity index (χ4v) is 2.03. The predicted octanol–water partition coefficient (Wildman–Crippen LogP) is 2.90. The van der Waals surface area contributed by atoms with Gasteiger partial charge in [0.2, 0.25) is 0 Å². The van der Waals surface area contributed by atoms with Crippen molar-refractivity contribution in [3.63, 3.8) is 0 Å². The van der Waals surface area contributed by atoms with E-state index in [1.807, 2.05) is 36.4 Å². The van der Waals surface area contributed by atoms with E-state index in [0.29, 0.717) is 12.5 Å². The lowest BCUT2D eigenvalue weighted by molar-refractivity contribution is 0.177. The van der Waals surface area contributed by atoms with E-state index in [9.17, 15) is 5.11 Å². The fraction of sp³-hybridized carbons (Fsp3) is 0.312. The summed E-state index contributed by atoms with van der Waals surface area (Å²) in [4.78, 5) is 4.06. The average molecular weight is 255 g/mol. The Bertz CT molecular complexity index is 537. The first kappa shape index (κ1) is 12.2. The molecule has 3 rings (SSSR count). The molecule has 0 spiro atoms. The number of aliphatic hydroxyl groups excluding tert-OH is 1. The number of aromatic nitrogens is 1. The van der Waals surface area contributed by atoms with Gasteiger partial charge in [-0.05, 0) is 42.2 Å². The van der Waals surface area contributed by atoms with Crippen LogP contribution in [0.15, 0.2) is 48.8 Å². The maximum absolute atomic E-state index is 10.3. The molecule has 1 heterocycles. The quantitative estimate of drug-likeness (QED) is 0.893. The summed E-state index contributed by atoms with van der Waals surface area (Å²) in [6.45, 7) is 0. The van der Waals surface area contributed by atoms with Crippen LogP contribution in [0, 0.1) is 0 Å². The van der Waals surface area contributed by atoms with Gasteiger partial charge < -0.3 is 9.84 Å². The van der Waals surface area contributed by atoms with Crippen LogP contribution in [-0.4, -0.2) is 16.2 Å². The zero-order valence-electron chi connectivity index (χ0n) is 10.7. The highest BCUT2D eigenvalue weighted by Gasteiger charge is 2.23. The third-order valence-corrected chi connectivity index (χ3v) is 3.22. The molecule has 19 heavy (non-hydrogen) atoms. The van der Waals surface area contributed by atoms with Crippen LogP contribution in [0.5, 0.6) is 5.75 Å². The number of nitrogens with zero attached hydrogens (tertiary/aromatic N) is 1. The van der Waals surface area contributed by atoms with Crippen molar-refractivity contribution in [3.05, 3.63) is 59.9 Å². The second-order valence-corrected chi connectivity index (χ2v) is 4.97. The lowest BCUT2D eigenvalue weighted by Gasteiger charge is -2.12. The van der Waals surface area contributed by atoms with Crippen LogP contribution in [0.2, 0.25) is 0 Å². The van der Waals surface area contributed by atoms with Gasteiger partial charge in [-0.3, -0.25) is 4.98 Å². The molecular weight excluding hydrogens is 238 g/mol. The first-order chi connectivity index (χ1) is 9.31. The maximum atomic E-state index is 10.3. The summed E-state index contributed by atoms with van der Waals surface area (Å²) in [6.07, 6.45) is 6.23. The average Bonchev–Trinajstić information content (AvgIpc) is 3.24. The molecule has 3 nitrogen and oxygen atoms in total. The molecule has 0 bridgehead atoms. The zero-order valence-corrected chi connectivity index (χ0v) is 10.7. The lowest BCUT2D eigenvalue weighted by atomic mass is 10.0. The molecule has 1 aliphatic carbocycles. The number of aliphatic hydroxyl groups is 1.